The van der Waals surface area contributed by atoms with Gasteiger partial charge in [-0.05, 0) is 33.1 Å². The van der Waals surface area contributed by atoms with Crippen LogP contribution in [0.1, 0.15) is 4.88 Å². The van der Waals surface area contributed by atoms with E-state index in [1.54, 1.807) is 11.3 Å². The lowest BCUT2D eigenvalue weighted by Crippen LogP contribution is -1.77. The lowest BCUT2D eigenvalue weighted by molar-refractivity contribution is 1.55. The number of benzene rings is 1. The minimum absolute atomic E-state index is 0.910. The van der Waals surface area contributed by atoms with E-state index in [4.69, 9.17) is 0 Å². The van der Waals surface area contributed by atoms with Crippen molar-refractivity contribution in [1.29, 1.82) is 0 Å². The van der Waals surface area contributed by atoms with Gasteiger partial charge in [-0.3, -0.25) is 0 Å². The van der Waals surface area contributed by atoms with Crippen molar-refractivity contribution in [2.24, 2.45) is 0 Å². The molecule has 3 heteroatoms. The second-order valence-electron chi connectivity index (χ2n) is 2.89. The molecule has 0 radical (unpaired) electrons. The molecule has 0 bridgehead atoms. The van der Waals surface area contributed by atoms with Crippen molar-refractivity contribution < 1.29 is 0 Å². The van der Waals surface area contributed by atoms with Gasteiger partial charge in [0.1, 0.15) is 0 Å². The third-order valence-electron chi connectivity index (χ3n) is 1.99. The van der Waals surface area contributed by atoms with Crippen molar-refractivity contribution in [3.05, 3.63) is 45.1 Å². The molecular weight excluding hydrogens is 324 g/mol. The van der Waals surface area contributed by atoms with E-state index < -0.39 is 0 Å². The summed E-state index contributed by atoms with van der Waals surface area (Å²) in [6, 6.07) is 12.6. The van der Waals surface area contributed by atoms with Crippen molar-refractivity contribution >= 4 is 43.2 Å². The zero-order chi connectivity index (χ0) is 9.97. The molecule has 14 heavy (non-hydrogen) atoms. The fraction of sp³-hybridized carbons (Fsp3) is 0.0909. The monoisotopic (exact) mass is 330 g/mol. The van der Waals surface area contributed by atoms with Crippen LogP contribution in [-0.2, 0) is 5.33 Å². The highest BCUT2D eigenvalue weighted by molar-refractivity contribution is 9.11. The lowest BCUT2D eigenvalue weighted by Gasteiger charge is -1.99. The van der Waals surface area contributed by atoms with Gasteiger partial charge in [-0.15, -0.1) is 11.3 Å². The molecule has 0 nitrogen and oxygen atoms in total. The largest absolute Gasteiger partial charge is 0.132 e. The van der Waals surface area contributed by atoms with Gasteiger partial charge in [0.05, 0.1) is 3.79 Å². The summed E-state index contributed by atoms with van der Waals surface area (Å²) in [6.45, 7) is 0. The summed E-state index contributed by atoms with van der Waals surface area (Å²) in [5, 5.41) is 0.910. The third-order valence-corrected chi connectivity index (χ3v) is 4.56. The summed E-state index contributed by atoms with van der Waals surface area (Å²) in [4.78, 5) is 1.36. The second kappa shape index (κ2) is 4.60. The Morgan fingerprint density at radius 3 is 2.50 bits per heavy atom. The standard InChI is InChI=1S/C11H8Br2S/c12-7-10-9(6-11(13)14-10)8-4-2-1-3-5-8/h1-6H,7H2. The van der Waals surface area contributed by atoms with Crippen LogP contribution in [0.3, 0.4) is 0 Å². The topological polar surface area (TPSA) is 0 Å². The Bertz CT molecular complexity index is 420. The van der Waals surface area contributed by atoms with Gasteiger partial charge in [0.25, 0.3) is 0 Å². The molecule has 0 aliphatic carbocycles. The third kappa shape index (κ3) is 2.10. The zero-order valence-electron chi connectivity index (χ0n) is 7.34. The minimum atomic E-state index is 0.910. The van der Waals surface area contributed by atoms with E-state index in [-0.39, 0.29) is 0 Å². The molecule has 2 rings (SSSR count). The van der Waals surface area contributed by atoms with Crippen LogP contribution < -0.4 is 0 Å². The van der Waals surface area contributed by atoms with E-state index in [0.717, 1.165) is 5.33 Å². The Morgan fingerprint density at radius 1 is 1.14 bits per heavy atom. The Balaban J connectivity index is 2.51. The van der Waals surface area contributed by atoms with Gasteiger partial charge < -0.3 is 0 Å². The summed E-state index contributed by atoms with van der Waals surface area (Å²) in [5.41, 5.74) is 2.60. The highest BCUT2D eigenvalue weighted by atomic mass is 79.9. The molecule has 0 aliphatic heterocycles. The Hall–Kier alpha value is -0.120. The average molecular weight is 332 g/mol. The fourth-order valence-electron chi connectivity index (χ4n) is 1.36. The highest BCUT2D eigenvalue weighted by Crippen LogP contribution is 2.35. The summed E-state index contributed by atoms with van der Waals surface area (Å²) in [7, 11) is 0. The predicted molar refractivity (Wildman–Crippen MR) is 70.1 cm³/mol. The molecule has 0 aliphatic rings. The molecule has 1 heterocycles. The lowest BCUT2D eigenvalue weighted by atomic mass is 10.1. The first kappa shape index (κ1) is 10.4. The molecule has 0 N–H and O–H groups in total. The van der Waals surface area contributed by atoms with Crippen LogP contribution in [0.2, 0.25) is 0 Å². The second-order valence-corrected chi connectivity index (χ2v) is 5.96. The molecule has 2 aromatic rings. The van der Waals surface area contributed by atoms with Crippen molar-refractivity contribution in [3.8, 4) is 11.1 Å². The zero-order valence-corrected chi connectivity index (χ0v) is 11.3. The maximum atomic E-state index is 3.52. The average Bonchev–Trinajstić information content (AvgIpc) is 2.61. The van der Waals surface area contributed by atoms with Crippen molar-refractivity contribution in [2.45, 2.75) is 5.33 Å². The molecule has 0 spiro atoms. The highest BCUT2D eigenvalue weighted by Gasteiger charge is 2.07. The maximum absolute atomic E-state index is 3.52. The van der Waals surface area contributed by atoms with Gasteiger partial charge in [-0.2, -0.15) is 0 Å². The van der Waals surface area contributed by atoms with Gasteiger partial charge in [0, 0.05) is 10.2 Å². The first-order chi connectivity index (χ1) is 6.81. The van der Waals surface area contributed by atoms with Crippen molar-refractivity contribution in [2.75, 3.05) is 0 Å². The van der Waals surface area contributed by atoms with Crippen LogP contribution in [0.4, 0.5) is 0 Å². The smallest absolute Gasteiger partial charge is 0.0708 e. The quantitative estimate of drug-likeness (QED) is 0.674. The number of hydrogen-bond donors (Lipinski definition) is 0. The van der Waals surface area contributed by atoms with Crippen LogP contribution in [0.15, 0.2) is 40.2 Å². The van der Waals surface area contributed by atoms with E-state index in [1.165, 1.54) is 19.8 Å². The van der Waals surface area contributed by atoms with Gasteiger partial charge in [0.2, 0.25) is 0 Å². The van der Waals surface area contributed by atoms with E-state index in [2.05, 4.69) is 62.2 Å². The molecule has 1 aromatic carbocycles. The van der Waals surface area contributed by atoms with Gasteiger partial charge in [-0.25, -0.2) is 0 Å². The van der Waals surface area contributed by atoms with Crippen LogP contribution in [-0.4, -0.2) is 0 Å². The number of thiophene rings is 1. The number of hydrogen-bond acceptors (Lipinski definition) is 1. The summed E-state index contributed by atoms with van der Waals surface area (Å²) >= 11 is 8.81. The number of rotatable bonds is 2. The molecule has 0 fully saturated rings. The van der Waals surface area contributed by atoms with E-state index in [0.29, 0.717) is 0 Å². The molecule has 72 valence electrons. The Kier molecular flexibility index (Phi) is 3.42. The van der Waals surface area contributed by atoms with Crippen LogP contribution in [0, 0.1) is 0 Å². The number of halogens is 2. The maximum Gasteiger partial charge on any atom is 0.0708 e. The molecule has 0 saturated heterocycles. The van der Waals surface area contributed by atoms with Crippen molar-refractivity contribution in [1.82, 2.24) is 0 Å². The molecule has 0 saturated carbocycles. The van der Waals surface area contributed by atoms with E-state index >= 15 is 0 Å². The molecular formula is C11H8Br2S. The normalized spacial score (nSPS) is 10.4. The van der Waals surface area contributed by atoms with Crippen molar-refractivity contribution in [3.63, 3.8) is 0 Å². The van der Waals surface area contributed by atoms with Gasteiger partial charge in [0.15, 0.2) is 0 Å². The van der Waals surface area contributed by atoms with E-state index in [1.807, 2.05) is 6.07 Å². The predicted octanol–water partition coefficient (Wildman–Crippen LogP) is 5.07. The van der Waals surface area contributed by atoms with Crippen LogP contribution in [0.25, 0.3) is 11.1 Å². The fourth-order valence-corrected chi connectivity index (χ4v) is 3.57. The Labute approximate surface area is 104 Å². The molecule has 1 aromatic heterocycles. The van der Waals surface area contributed by atoms with Crippen LogP contribution in [0.5, 0.6) is 0 Å². The first-order valence-corrected chi connectivity index (χ1v) is 6.94. The minimum Gasteiger partial charge on any atom is -0.132 e. The molecule has 0 amide bonds. The number of alkyl halides is 1. The van der Waals surface area contributed by atoms with Crippen LogP contribution >= 0.6 is 43.2 Å². The summed E-state index contributed by atoms with van der Waals surface area (Å²) < 4.78 is 1.19. The van der Waals surface area contributed by atoms with E-state index in [9.17, 15) is 0 Å². The summed E-state index contributed by atoms with van der Waals surface area (Å²) in [5.74, 6) is 0. The Morgan fingerprint density at radius 2 is 1.86 bits per heavy atom. The first-order valence-electron chi connectivity index (χ1n) is 4.21. The molecule has 0 atom stereocenters. The van der Waals surface area contributed by atoms with Gasteiger partial charge >= 0.3 is 0 Å². The van der Waals surface area contributed by atoms with Gasteiger partial charge in [-0.1, -0.05) is 46.3 Å². The molecule has 0 unspecified atom stereocenters. The SMILES string of the molecule is BrCc1sc(Br)cc1-c1ccccc1. The summed E-state index contributed by atoms with van der Waals surface area (Å²) in [6.07, 6.45) is 0.